The molecule has 8 nitrogen and oxygen atoms in total. The third kappa shape index (κ3) is 6.71. The van der Waals surface area contributed by atoms with Crippen molar-refractivity contribution in [1.29, 1.82) is 0 Å². The molecule has 3 unspecified atom stereocenters. The van der Waals surface area contributed by atoms with Crippen molar-refractivity contribution < 1.29 is 22.3 Å². The van der Waals surface area contributed by atoms with Crippen molar-refractivity contribution in [2.75, 3.05) is 12.3 Å². The van der Waals surface area contributed by atoms with Gasteiger partial charge >= 0.3 is 0 Å². The summed E-state index contributed by atoms with van der Waals surface area (Å²) in [7, 11) is -3.33. The molecule has 0 amide bonds. The summed E-state index contributed by atoms with van der Waals surface area (Å²) in [6.45, 7) is 6.46. The summed E-state index contributed by atoms with van der Waals surface area (Å²) in [5, 5.41) is 25.4. The standard InChI is InChI=1S/C25H31F2N5O3S/c1-25(2,3)11-16-4-5-18-13-36(34,35)14-22(21(18)8-16)28-12-24(33)23(32-15-29-30-31-32)9-17-6-19(26)10-20(27)7-17/h4-8,10,15,22-24,28,33H,9,11-14H2,1-3H3. The fraction of sp³-hybridized carbons (Fsp3) is 0.480. The number of hydrogen-bond donors (Lipinski definition) is 2. The number of halogens is 2. The number of aromatic nitrogens is 4. The molecule has 0 bridgehead atoms. The van der Waals surface area contributed by atoms with Gasteiger partial charge in [0.25, 0.3) is 0 Å². The Hall–Kier alpha value is -2.76. The molecule has 0 fully saturated rings. The Balaban J connectivity index is 1.55. The first-order chi connectivity index (χ1) is 16.9. The number of aliphatic hydroxyl groups is 1. The van der Waals surface area contributed by atoms with Crippen LogP contribution in [0.5, 0.6) is 0 Å². The van der Waals surface area contributed by atoms with E-state index in [-0.39, 0.29) is 29.9 Å². The van der Waals surface area contributed by atoms with Crippen LogP contribution in [-0.4, -0.2) is 52.1 Å². The smallest absolute Gasteiger partial charge is 0.156 e. The lowest BCUT2D eigenvalue weighted by atomic mass is 9.86. The Labute approximate surface area is 209 Å². The first-order valence-corrected chi connectivity index (χ1v) is 13.6. The van der Waals surface area contributed by atoms with Crippen molar-refractivity contribution >= 4 is 9.84 Å². The summed E-state index contributed by atoms with van der Waals surface area (Å²) in [5.74, 6) is -1.54. The van der Waals surface area contributed by atoms with Gasteiger partial charge in [0.2, 0.25) is 0 Å². The number of hydrogen-bond acceptors (Lipinski definition) is 7. The van der Waals surface area contributed by atoms with Crippen molar-refractivity contribution in [3.63, 3.8) is 0 Å². The molecule has 0 saturated heterocycles. The zero-order valence-electron chi connectivity index (χ0n) is 20.5. The van der Waals surface area contributed by atoms with Gasteiger partial charge in [0, 0.05) is 18.7 Å². The van der Waals surface area contributed by atoms with Crippen LogP contribution in [0.1, 0.15) is 55.1 Å². The number of nitrogens with one attached hydrogen (secondary N) is 1. The van der Waals surface area contributed by atoms with E-state index < -0.39 is 39.7 Å². The van der Waals surface area contributed by atoms with Crippen molar-refractivity contribution in [2.45, 2.75) is 57.6 Å². The van der Waals surface area contributed by atoms with Crippen molar-refractivity contribution in [1.82, 2.24) is 25.5 Å². The number of sulfone groups is 1. The number of benzene rings is 2. The maximum atomic E-state index is 13.7. The molecule has 194 valence electrons. The average Bonchev–Trinajstić information content (AvgIpc) is 3.28. The molecule has 1 aliphatic rings. The highest BCUT2D eigenvalue weighted by Crippen LogP contribution is 2.31. The second-order valence-electron chi connectivity index (χ2n) is 10.7. The molecule has 2 heterocycles. The predicted octanol–water partition coefficient (Wildman–Crippen LogP) is 2.94. The van der Waals surface area contributed by atoms with Crippen LogP contribution >= 0.6 is 0 Å². The molecule has 0 radical (unpaired) electrons. The van der Waals surface area contributed by atoms with E-state index >= 15 is 0 Å². The molecular weight excluding hydrogens is 488 g/mol. The van der Waals surface area contributed by atoms with Crippen LogP contribution in [-0.2, 0) is 28.4 Å². The maximum Gasteiger partial charge on any atom is 0.156 e. The minimum atomic E-state index is -3.33. The summed E-state index contributed by atoms with van der Waals surface area (Å²) >= 11 is 0. The largest absolute Gasteiger partial charge is 0.390 e. The Morgan fingerprint density at radius 3 is 2.50 bits per heavy atom. The van der Waals surface area contributed by atoms with Crippen molar-refractivity contribution in [2.24, 2.45) is 5.41 Å². The zero-order valence-corrected chi connectivity index (χ0v) is 21.3. The molecule has 1 aliphatic heterocycles. The highest BCUT2D eigenvalue weighted by molar-refractivity contribution is 7.90. The van der Waals surface area contributed by atoms with E-state index in [1.54, 1.807) is 0 Å². The second kappa shape index (κ2) is 10.3. The van der Waals surface area contributed by atoms with Crippen LogP contribution in [0.3, 0.4) is 0 Å². The Kier molecular flexibility index (Phi) is 7.53. The Morgan fingerprint density at radius 1 is 1.14 bits per heavy atom. The summed E-state index contributed by atoms with van der Waals surface area (Å²) in [6, 6.07) is 7.83. The number of aliphatic hydroxyl groups excluding tert-OH is 1. The van der Waals surface area contributed by atoms with Gasteiger partial charge in [-0.2, -0.15) is 0 Å². The fourth-order valence-corrected chi connectivity index (χ4v) is 6.39. The Bertz CT molecular complexity index is 1290. The van der Waals surface area contributed by atoms with Gasteiger partial charge in [-0.05, 0) is 63.1 Å². The number of nitrogens with zero attached hydrogens (tertiary/aromatic N) is 4. The quantitative estimate of drug-likeness (QED) is 0.471. The van der Waals surface area contributed by atoms with Gasteiger partial charge in [-0.1, -0.05) is 39.0 Å². The monoisotopic (exact) mass is 519 g/mol. The van der Waals surface area contributed by atoms with E-state index in [9.17, 15) is 22.3 Å². The van der Waals surface area contributed by atoms with Crippen LogP contribution in [0.4, 0.5) is 8.78 Å². The number of rotatable bonds is 8. The normalized spacial score (nSPS) is 19.0. The van der Waals surface area contributed by atoms with E-state index in [1.165, 1.54) is 23.1 Å². The Morgan fingerprint density at radius 2 is 1.86 bits per heavy atom. The molecule has 0 spiro atoms. The van der Waals surface area contributed by atoms with Crippen molar-refractivity contribution in [3.8, 4) is 0 Å². The van der Waals surface area contributed by atoms with Crippen LogP contribution in [0.2, 0.25) is 0 Å². The van der Waals surface area contributed by atoms with Gasteiger partial charge in [-0.25, -0.2) is 21.9 Å². The first kappa shape index (κ1) is 26.3. The third-order valence-corrected chi connectivity index (χ3v) is 7.80. The second-order valence-corrected chi connectivity index (χ2v) is 12.8. The zero-order chi connectivity index (χ0) is 26.1. The van der Waals surface area contributed by atoms with Crippen LogP contribution in [0.25, 0.3) is 0 Å². The van der Waals surface area contributed by atoms with E-state index in [2.05, 4.69) is 41.6 Å². The van der Waals surface area contributed by atoms with Gasteiger partial charge < -0.3 is 10.4 Å². The molecule has 1 aromatic heterocycles. The van der Waals surface area contributed by atoms with Gasteiger partial charge in [0.1, 0.15) is 18.0 Å². The van der Waals surface area contributed by atoms with Gasteiger partial charge in [0.15, 0.2) is 9.84 Å². The van der Waals surface area contributed by atoms with E-state index in [0.717, 1.165) is 29.2 Å². The number of fused-ring (bicyclic) bond motifs is 1. The molecule has 36 heavy (non-hydrogen) atoms. The highest BCUT2D eigenvalue weighted by atomic mass is 32.2. The van der Waals surface area contributed by atoms with Gasteiger partial charge in [-0.15, -0.1) is 5.10 Å². The summed E-state index contributed by atoms with van der Waals surface area (Å²) < 4.78 is 54.0. The van der Waals surface area contributed by atoms with Gasteiger partial charge in [0.05, 0.1) is 23.7 Å². The molecule has 2 N–H and O–H groups in total. The molecule has 0 saturated carbocycles. The molecule has 11 heteroatoms. The average molecular weight is 520 g/mol. The van der Waals surface area contributed by atoms with E-state index in [0.29, 0.717) is 5.56 Å². The molecule has 4 rings (SSSR count). The lowest BCUT2D eigenvalue weighted by Crippen LogP contribution is -2.41. The van der Waals surface area contributed by atoms with Crippen LogP contribution < -0.4 is 5.32 Å². The van der Waals surface area contributed by atoms with Crippen molar-refractivity contribution in [3.05, 3.63) is 76.6 Å². The van der Waals surface area contributed by atoms with Gasteiger partial charge in [-0.3, -0.25) is 0 Å². The molecule has 3 atom stereocenters. The minimum absolute atomic E-state index is 0.0166. The third-order valence-electron chi connectivity index (χ3n) is 6.21. The molecular formula is C25H31F2N5O3S. The summed E-state index contributed by atoms with van der Waals surface area (Å²) in [6.07, 6.45) is 1.15. The molecule has 2 aromatic carbocycles. The molecule has 0 aliphatic carbocycles. The molecule has 3 aromatic rings. The fourth-order valence-electron chi connectivity index (χ4n) is 4.73. The van der Waals surface area contributed by atoms with Crippen LogP contribution in [0, 0.1) is 17.0 Å². The predicted molar refractivity (Wildman–Crippen MR) is 131 cm³/mol. The summed E-state index contributed by atoms with van der Waals surface area (Å²) in [4.78, 5) is 0. The minimum Gasteiger partial charge on any atom is -0.390 e. The SMILES string of the molecule is CC(C)(C)Cc1ccc2c(c1)C(NCC(O)C(Cc1cc(F)cc(F)c1)n1cnnn1)CS(=O)(=O)C2. The lowest BCUT2D eigenvalue weighted by molar-refractivity contribution is 0.100. The maximum absolute atomic E-state index is 13.7. The first-order valence-electron chi connectivity index (χ1n) is 11.8. The lowest BCUT2D eigenvalue weighted by Gasteiger charge is -2.30. The summed E-state index contributed by atoms with van der Waals surface area (Å²) in [5.41, 5.74) is 3.18. The number of tetrazole rings is 1. The van der Waals surface area contributed by atoms with E-state index in [1.807, 2.05) is 18.2 Å². The topological polar surface area (TPSA) is 110 Å². The highest BCUT2D eigenvalue weighted by Gasteiger charge is 2.32. The van der Waals surface area contributed by atoms with E-state index in [4.69, 9.17) is 0 Å². The van der Waals surface area contributed by atoms with Crippen LogP contribution in [0.15, 0.2) is 42.7 Å².